The number of nitro benzene ring substituents is 1. The lowest BCUT2D eigenvalue weighted by Crippen LogP contribution is -2.28. The van der Waals surface area contributed by atoms with Crippen molar-refractivity contribution in [2.45, 2.75) is 79.8 Å². The lowest BCUT2D eigenvalue weighted by Gasteiger charge is -2.29. The van der Waals surface area contributed by atoms with Crippen molar-refractivity contribution in [3.05, 3.63) is 150 Å². The number of nitro groups is 1. The maximum absolute atomic E-state index is 12.3. The zero-order chi connectivity index (χ0) is 48.2. The molecule has 68 heavy (non-hydrogen) atoms. The van der Waals surface area contributed by atoms with E-state index in [1.165, 1.54) is 24.3 Å². The number of halogens is 2. The van der Waals surface area contributed by atoms with Gasteiger partial charge < -0.3 is 38.9 Å². The monoisotopic (exact) mass is 1100 g/mol. The highest BCUT2D eigenvalue weighted by atomic mass is 79.9. The van der Waals surface area contributed by atoms with Crippen molar-refractivity contribution < 1.29 is 47.7 Å². The van der Waals surface area contributed by atoms with E-state index in [1.54, 1.807) is 24.3 Å². The average Bonchev–Trinajstić information content (AvgIpc) is 3.28. The summed E-state index contributed by atoms with van der Waals surface area (Å²) in [6, 6.07) is 23.6. The Morgan fingerprint density at radius 1 is 0.691 bits per heavy atom. The fraction of sp³-hybridized carbons (Fsp3) is 0.280. The molecule has 7 rings (SSSR count). The molecule has 0 fully saturated rings. The summed E-state index contributed by atoms with van der Waals surface area (Å²) < 4.78 is 39.7. The van der Waals surface area contributed by atoms with E-state index in [-0.39, 0.29) is 55.7 Å². The molecule has 2 unspecified atom stereocenters. The molecule has 1 amide bonds. The second-order valence-electron chi connectivity index (χ2n) is 15.9. The Morgan fingerprint density at radius 2 is 1.13 bits per heavy atom. The molecule has 2 aliphatic rings. The number of fused-ring (bicyclic) bond motifs is 2. The van der Waals surface area contributed by atoms with Gasteiger partial charge in [-0.3, -0.25) is 15.4 Å². The second-order valence-corrected chi connectivity index (χ2v) is 17.5. The van der Waals surface area contributed by atoms with Crippen LogP contribution >= 0.6 is 51.7 Å². The minimum Gasteiger partial charge on any atom is -0.494 e. The number of non-ortho nitro benzene ring substituents is 1. The molecule has 0 spiro atoms. The molecule has 5 aromatic rings. The van der Waals surface area contributed by atoms with E-state index < -0.39 is 17.2 Å². The maximum atomic E-state index is 12.3. The molecular weight excluding hydrogens is 1040 g/mol. The van der Waals surface area contributed by atoms with Crippen LogP contribution in [0.1, 0.15) is 74.9 Å². The molecule has 14 nitrogen and oxygen atoms in total. The third-order valence-corrected chi connectivity index (χ3v) is 11.7. The third-order valence-electron chi connectivity index (χ3n) is 9.77. The summed E-state index contributed by atoms with van der Waals surface area (Å²) in [6.07, 6.45) is 6.69. The Hall–Kier alpha value is -5.66. The van der Waals surface area contributed by atoms with E-state index in [2.05, 4.69) is 43.3 Å². The Labute approximate surface area is 420 Å². The van der Waals surface area contributed by atoms with Crippen LogP contribution in [0.5, 0.6) is 28.7 Å². The zero-order valence-electron chi connectivity index (χ0n) is 39.4. The first-order valence-electron chi connectivity index (χ1n) is 20.9. The standard InChI is InChI=1S/C22H24BrNO4.C16H15NO6.C12H14BrNO.2H3P/c1-5-26-17-8-6-15(7-9-17)13-27-21(25)24-18-12-16-10-11-22(3,4)28-20(16)19(23)14(18)2;1-2-21-14-7-3-12(4-8-14)11-22-16(18)23-15-9-5-13(6-10-15)17(19)20;1-7-9(14)6-8-4-5-12(2,3)15-11(8)10(7)13;;/h6-12H,5,13H2,1-4H3,(H,24,25);3-10H,2,11H2,1H3;4-6H,14H2,1-3H3;2*1H3. The van der Waals surface area contributed by atoms with Crippen LogP contribution in [-0.4, -0.2) is 41.6 Å². The van der Waals surface area contributed by atoms with Crippen molar-refractivity contribution in [2.24, 2.45) is 0 Å². The van der Waals surface area contributed by atoms with Gasteiger partial charge >= 0.3 is 12.2 Å². The van der Waals surface area contributed by atoms with Gasteiger partial charge in [-0.2, -0.15) is 19.8 Å². The van der Waals surface area contributed by atoms with Crippen LogP contribution in [0, 0.1) is 24.0 Å². The van der Waals surface area contributed by atoms with Gasteiger partial charge in [0.1, 0.15) is 53.2 Å². The molecule has 0 saturated heterocycles. The van der Waals surface area contributed by atoms with Gasteiger partial charge in [0.05, 0.1) is 27.1 Å². The summed E-state index contributed by atoms with van der Waals surface area (Å²) in [5.74, 6) is 3.37. The number of rotatable bonds is 11. The van der Waals surface area contributed by atoms with Crippen LogP contribution in [0.15, 0.2) is 106 Å². The Balaban J connectivity index is 0.000000277. The number of nitrogens with one attached hydrogen (secondary N) is 1. The number of benzene rings is 5. The van der Waals surface area contributed by atoms with E-state index in [1.807, 2.05) is 110 Å². The average molecular weight is 1100 g/mol. The largest absolute Gasteiger partial charge is 0.514 e. The van der Waals surface area contributed by atoms with Gasteiger partial charge in [-0.25, -0.2) is 9.59 Å². The molecule has 5 aromatic carbocycles. The van der Waals surface area contributed by atoms with Crippen LogP contribution in [-0.2, 0) is 22.7 Å². The molecule has 3 N–H and O–H groups in total. The van der Waals surface area contributed by atoms with Crippen LogP contribution < -0.4 is 34.7 Å². The fourth-order valence-corrected chi connectivity index (χ4v) is 7.23. The predicted octanol–water partition coefficient (Wildman–Crippen LogP) is 13.4. The van der Waals surface area contributed by atoms with Crippen molar-refractivity contribution >= 4 is 93.1 Å². The number of hydrogen-bond donors (Lipinski definition) is 2. The van der Waals surface area contributed by atoms with Gasteiger partial charge in [0.25, 0.3) is 5.69 Å². The van der Waals surface area contributed by atoms with Gasteiger partial charge in [0.15, 0.2) is 0 Å². The van der Waals surface area contributed by atoms with Gasteiger partial charge in [-0.15, -0.1) is 0 Å². The first-order valence-corrected chi connectivity index (χ1v) is 22.5. The number of ether oxygens (including phenoxy) is 7. The van der Waals surface area contributed by atoms with Crippen LogP contribution in [0.3, 0.4) is 0 Å². The first kappa shape index (κ1) is 56.7. The molecule has 0 radical (unpaired) electrons. The van der Waals surface area contributed by atoms with Gasteiger partial charge in [0, 0.05) is 34.6 Å². The summed E-state index contributed by atoms with van der Waals surface area (Å²) >= 11 is 7.12. The van der Waals surface area contributed by atoms with E-state index in [4.69, 9.17) is 38.9 Å². The Bertz CT molecular complexity index is 2590. The third kappa shape index (κ3) is 16.3. The fourth-order valence-electron chi connectivity index (χ4n) is 6.17. The molecule has 0 aliphatic carbocycles. The minimum absolute atomic E-state index is 0. The molecule has 18 heteroatoms. The zero-order valence-corrected chi connectivity index (χ0v) is 45.4. The quantitative estimate of drug-likeness (QED) is 0.0320. The number of carbonyl (C=O) groups excluding carboxylic acids is 2. The first-order chi connectivity index (χ1) is 31.3. The summed E-state index contributed by atoms with van der Waals surface area (Å²) in [6.45, 7) is 17.2. The number of nitrogens with two attached hydrogens (primary N) is 1. The van der Waals surface area contributed by atoms with Gasteiger partial charge in [-0.05, 0) is 170 Å². The number of carbonyl (C=O) groups is 2. The molecule has 2 atom stereocenters. The summed E-state index contributed by atoms with van der Waals surface area (Å²) in [7, 11) is 0. The lowest BCUT2D eigenvalue weighted by molar-refractivity contribution is -0.384. The Kier molecular flexibility index (Phi) is 21.4. The molecule has 0 aromatic heterocycles. The Morgan fingerprint density at radius 3 is 1.60 bits per heavy atom. The summed E-state index contributed by atoms with van der Waals surface area (Å²) in [4.78, 5) is 33.8. The lowest BCUT2D eigenvalue weighted by atomic mass is 10.0. The topological polar surface area (TPSA) is 180 Å². The number of nitrogen functional groups attached to an aromatic ring is 1. The van der Waals surface area contributed by atoms with E-state index in [0.717, 1.165) is 71.0 Å². The highest BCUT2D eigenvalue weighted by Crippen LogP contribution is 2.43. The SMILES string of the molecule is CCOc1ccc(COC(=O)Nc2cc3c(c(Br)c2C)OC(C)(C)C=C3)cc1.CCOc1ccc(COC(=O)Oc2ccc([N+](=O)[O-])cc2)cc1.Cc1c(N)cc2c(c1Br)OC(C)(C)C=C2.P.P. The highest BCUT2D eigenvalue weighted by molar-refractivity contribution is 9.11. The number of amides is 1. The summed E-state index contributed by atoms with van der Waals surface area (Å²) in [5, 5.41) is 13.3. The molecule has 364 valence electrons. The van der Waals surface area contributed by atoms with Crippen molar-refractivity contribution in [2.75, 3.05) is 24.3 Å². The van der Waals surface area contributed by atoms with E-state index >= 15 is 0 Å². The second kappa shape index (κ2) is 25.6. The van der Waals surface area contributed by atoms with Crippen molar-refractivity contribution in [3.63, 3.8) is 0 Å². The smallest absolute Gasteiger partial charge is 0.494 e. The van der Waals surface area contributed by atoms with Crippen molar-refractivity contribution in [3.8, 4) is 28.7 Å². The molecular formula is C50H59Br2N3O11P2. The predicted molar refractivity (Wildman–Crippen MR) is 285 cm³/mol. The van der Waals surface area contributed by atoms with Crippen molar-refractivity contribution in [1.82, 2.24) is 0 Å². The van der Waals surface area contributed by atoms with Gasteiger partial charge in [-0.1, -0.05) is 36.4 Å². The number of nitrogens with zero attached hydrogens (tertiary/aromatic N) is 1. The number of anilines is 2. The minimum atomic E-state index is -0.882. The maximum Gasteiger partial charge on any atom is 0.514 e. The molecule has 2 aliphatic heterocycles. The molecule has 0 bridgehead atoms. The van der Waals surface area contributed by atoms with Crippen LogP contribution in [0.25, 0.3) is 12.2 Å². The van der Waals surface area contributed by atoms with Crippen LogP contribution in [0.2, 0.25) is 0 Å². The van der Waals surface area contributed by atoms with Gasteiger partial charge in [0.2, 0.25) is 0 Å². The van der Waals surface area contributed by atoms with E-state index in [9.17, 15) is 19.7 Å². The van der Waals surface area contributed by atoms with Crippen molar-refractivity contribution in [1.29, 1.82) is 0 Å². The number of hydrogen-bond acceptors (Lipinski definition) is 12. The molecule has 0 saturated carbocycles. The van der Waals surface area contributed by atoms with Crippen LogP contribution in [0.4, 0.5) is 26.7 Å². The summed E-state index contributed by atoms with van der Waals surface area (Å²) in [5.41, 5.74) is 12.2. The normalized spacial score (nSPS) is 12.9. The van der Waals surface area contributed by atoms with E-state index in [0.29, 0.717) is 18.9 Å². The molecule has 2 heterocycles. The highest BCUT2D eigenvalue weighted by Gasteiger charge is 2.27.